The molecule has 2 heterocycles. The molecule has 148 valence electrons. The van der Waals surface area contributed by atoms with Gasteiger partial charge in [-0.3, -0.25) is 4.79 Å². The first-order valence-corrected chi connectivity index (χ1v) is 9.89. The lowest BCUT2D eigenvalue weighted by Crippen LogP contribution is -2.83. The molecule has 0 saturated carbocycles. The molecule has 0 amide bonds. The summed E-state index contributed by atoms with van der Waals surface area (Å²) < 4.78 is 10.1. The van der Waals surface area contributed by atoms with Crippen LogP contribution in [0.25, 0.3) is 10.2 Å². The number of aryl methyl sites for hydroxylation is 1. The first kappa shape index (κ1) is 20.2. The van der Waals surface area contributed by atoms with Crippen molar-refractivity contribution in [3.8, 4) is 0 Å². The molecule has 0 fully saturated rings. The summed E-state index contributed by atoms with van der Waals surface area (Å²) in [5.74, 6) is 0.128. The van der Waals surface area contributed by atoms with E-state index in [0.717, 1.165) is 0 Å². The molecule has 3 rings (SSSR count). The third-order valence-electron chi connectivity index (χ3n) is 4.55. The van der Waals surface area contributed by atoms with Gasteiger partial charge in [0.15, 0.2) is 5.82 Å². The molecular weight excluding hydrogens is 378 g/mol. The van der Waals surface area contributed by atoms with E-state index >= 15 is 0 Å². The topological polar surface area (TPSA) is 97.9 Å². The maximum atomic E-state index is 12.6. The highest BCUT2D eigenvalue weighted by atomic mass is 32.1. The Morgan fingerprint density at radius 2 is 2.04 bits per heavy atom. The number of nitrogens with two attached hydrogens (primary N) is 1. The number of ether oxygens (including phenoxy) is 2. The summed E-state index contributed by atoms with van der Waals surface area (Å²) in [6.07, 6.45) is 0. The first-order valence-electron chi connectivity index (χ1n) is 9.08. The van der Waals surface area contributed by atoms with Crippen LogP contribution in [0.2, 0.25) is 0 Å². The van der Waals surface area contributed by atoms with E-state index in [0.29, 0.717) is 39.6 Å². The van der Waals surface area contributed by atoms with Crippen molar-refractivity contribution >= 4 is 27.5 Å². The fourth-order valence-corrected chi connectivity index (χ4v) is 4.04. The van der Waals surface area contributed by atoms with Crippen LogP contribution in [0, 0.1) is 6.92 Å². The summed E-state index contributed by atoms with van der Waals surface area (Å²) in [5.41, 5.74) is 1.58. The molecule has 0 saturated heterocycles. The smallest absolute Gasteiger partial charge is 0.348 e. The number of rotatable bonds is 8. The van der Waals surface area contributed by atoms with Gasteiger partial charge in [-0.2, -0.15) is 0 Å². The average Bonchev–Trinajstić information content (AvgIpc) is 3.04. The Labute approximate surface area is 166 Å². The highest BCUT2D eigenvalue weighted by molar-refractivity contribution is 7.20. The number of nitrogens with zero attached hydrogens (tertiary/aromatic N) is 1. The van der Waals surface area contributed by atoms with Crippen molar-refractivity contribution in [3.63, 3.8) is 0 Å². The van der Waals surface area contributed by atoms with Crippen molar-refractivity contribution in [2.24, 2.45) is 0 Å². The summed E-state index contributed by atoms with van der Waals surface area (Å²) in [6, 6.07) is 10.4. The molecule has 2 aromatic heterocycles. The van der Waals surface area contributed by atoms with Crippen molar-refractivity contribution in [1.29, 1.82) is 0 Å². The number of fused-ring (bicyclic) bond motifs is 1. The van der Waals surface area contributed by atoms with E-state index in [1.165, 1.54) is 16.9 Å². The predicted octanol–water partition coefficient (Wildman–Crippen LogP) is 1.92. The summed E-state index contributed by atoms with van der Waals surface area (Å²) in [4.78, 5) is 33.2. The minimum atomic E-state index is -0.456. The Balaban J connectivity index is 1.78. The molecule has 3 N–H and O–H groups in total. The van der Waals surface area contributed by atoms with E-state index in [-0.39, 0.29) is 18.2 Å². The van der Waals surface area contributed by atoms with Crippen LogP contribution < -0.4 is 10.9 Å². The molecule has 28 heavy (non-hydrogen) atoms. The molecule has 0 aliphatic carbocycles. The molecule has 8 heteroatoms. The fraction of sp³-hybridized carbons (Fsp3) is 0.350. The number of nitrogens with one attached hydrogen (secondary N) is 1. The first-order chi connectivity index (χ1) is 13.5. The summed E-state index contributed by atoms with van der Waals surface area (Å²) >= 11 is 1.19. The van der Waals surface area contributed by atoms with Gasteiger partial charge < -0.3 is 19.8 Å². The second kappa shape index (κ2) is 9.09. The molecule has 0 bridgehead atoms. The fourth-order valence-electron chi connectivity index (χ4n) is 2.94. The zero-order chi connectivity index (χ0) is 20.1. The van der Waals surface area contributed by atoms with E-state index in [9.17, 15) is 9.59 Å². The SMILES string of the molecule is COCCOC(=O)c1sc2nc(C[NH2+][C@@H](C)c3ccccc3)[nH]c(=O)c2c1C. The van der Waals surface area contributed by atoms with E-state index in [2.05, 4.69) is 34.3 Å². The largest absolute Gasteiger partial charge is 0.459 e. The zero-order valence-corrected chi connectivity index (χ0v) is 17.0. The summed E-state index contributed by atoms with van der Waals surface area (Å²) in [7, 11) is 1.54. The number of aromatic nitrogens is 2. The number of aromatic amines is 1. The number of hydrogen-bond donors (Lipinski definition) is 2. The monoisotopic (exact) mass is 402 g/mol. The number of methoxy groups -OCH3 is 1. The van der Waals surface area contributed by atoms with Gasteiger partial charge in [-0.05, 0) is 19.4 Å². The van der Waals surface area contributed by atoms with Gasteiger partial charge in [0.05, 0.1) is 12.0 Å². The molecule has 1 aromatic carbocycles. The molecule has 7 nitrogen and oxygen atoms in total. The van der Waals surface area contributed by atoms with Crippen LogP contribution in [-0.4, -0.2) is 36.3 Å². The third kappa shape index (κ3) is 4.46. The van der Waals surface area contributed by atoms with Gasteiger partial charge in [0.2, 0.25) is 0 Å². The Bertz CT molecular complexity index is 1010. The molecule has 0 aliphatic rings. The Hall–Kier alpha value is -2.55. The number of carbonyl (C=O) groups excluding carboxylic acids is 1. The number of carbonyl (C=O) groups is 1. The second-order valence-electron chi connectivity index (χ2n) is 6.52. The maximum absolute atomic E-state index is 12.6. The minimum absolute atomic E-state index is 0.171. The Morgan fingerprint density at radius 3 is 2.75 bits per heavy atom. The number of esters is 1. The third-order valence-corrected chi connectivity index (χ3v) is 5.71. The number of H-pyrrole nitrogens is 1. The molecule has 3 aromatic rings. The van der Waals surface area contributed by atoms with Crippen LogP contribution in [0.4, 0.5) is 0 Å². The van der Waals surface area contributed by atoms with Crippen LogP contribution in [0.5, 0.6) is 0 Å². The number of thiophene rings is 1. The number of hydrogen-bond acceptors (Lipinski definition) is 6. The van der Waals surface area contributed by atoms with Gasteiger partial charge >= 0.3 is 5.97 Å². The lowest BCUT2D eigenvalue weighted by atomic mass is 10.1. The van der Waals surface area contributed by atoms with Crippen LogP contribution in [0.3, 0.4) is 0 Å². The molecule has 0 spiro atoms. The van der Waals surface area contributed by atoms with E-state index in [1.807, 2.05) is 18.2 Å². The molecule has 0 unspecified atom stereocenters. The molecule has 0 aliphatic heterocycles. The van der Waals surface area contributed by atoms with Gasteiger partial charge in [-0.25, -0.2) is 9.78 Å². The number of benzene rings is 1. The molecule has 1 atom stereocenters. The highest BCUT2D eigenvalue weighted by Crippen LogP contribution is 2.27. The minimum Gasteiger partial charge on any atom is -0.459 e. The van der Waals surface area contributed by atoms with Crippen molar-refractivity contribution < 1.29 is 19.6 Å². The Morgan fingerprint density at radius 1 is 1.29 bits per heavy atom. The number of quaternary nitrogens is 1. The molecular formula is C20H24N3O4S+. The van der Waals surface area contributed by atoms with Gasteiger partial charge in [0.1, 0.15) is 28.9 Å². The quantitative estimate of drug-likeness (QED) is 0.443. The summed E-state index contributed by atoms with van der Waals surface area (Å²) in [6.45, 7) is 4.88. The maximum Gasteiger partial charge on any atom is 0.348 e. The van der Waals surface area contributed by atoms with Gasteiger partial charge in [-0.1, -0.05) is 30.3 Å². The van der Waals surface area contributed by atoms with Crippen molar-refractivity contribution in [2.45, 2.75) is 26.4 Å². The van der Waals surface area contributed by atoms with E-state index in [1.54, 1.807) is 14.0 Å². The van der Waals surface area contributed by atoms with E-state index in [4.69, 9.17) is 9.47 Å². The van der Waals surface area contributed by atoms with Crippen LogP contribution in [-0.2, 0) is 16.0 Å². The van der Waals surface area contributed by atoms with Gasteiger partial charge in [0, 0.05) is 12.7 Å². The lowest BCUT2D eigenvalue weighted by Gasteiger charge is -2.10. The van der Waals surface area contributed by atoms with E-state index < -0.39 is 5.97 Å². The zero-order valence-electron chi connectivity index (χ0n) is 16.2. The van der Waals surface area contributed by atoms with Crippen LogP contribution in [0.1, 0.15) is 39.6 Å². The van der Waals surface area contributed by atoms with Crippen LogP contribution in [0.15, 0.2) is 35.1 Å². The van der Waals surface area contributed by atoms with Crippen molar-refractivity contribution in [2.75, 3.05) is 20.3 Å². The van der Waals surface area contributed by atoms with Gasteiger partial charge in [-0.15, -0.1) is 11.3 Å². The second-order valence-corrected chi connectivity index (χ2v) is 7.52. The van der Waals surface area contributed by atoms with Crippen molar-refractivity contribution in [1.82, 2.24) is 9.97 Å². The van der Waals surface area contributed by atoms with Crippen molar-refractivity contribution in [3.05, 3.63) is 62.5 Å². The standard InChI is InChI=1S/C20H23N3O4S/c1-12-16-18(24)22-15(11-21-13(2)14-7-5-4-6-8-14)23-19(16)28-17(12)20(25)27-10-9-26-3/h4-8,13,21H,9-11H2,1-3H3,(H,22,23,24)/p+1/t13-/m0/s1. The lowest BCUT2D eigenvalue weighted by molar-refractivity contribution is -0.708. The molecule has 0 radical (unpaired) electrons. The highest BCUT2D eigenvalue weighted by Gasteiger charge is 2.21. The Kier molecular flexibility index (Phi) is 6.56. The average molecular weight is 402 g/mol. The van der Waals surface area contributed by atoms with Gasteiger partial charge in [0.25, 0.3) is 5.56 Å². The predicted molar refractivity (Wildman–Crippen MR) is 108 cm³/mol. The summed E-state index contributed by atoms with van der Waals surface area (Å²) in [5, 5.41) is 2.56. The normalized spacial score (nSPS) is 12.2. The van der Waals surface area contributed by atoms with Crippen LogP contribution >= 0.6 is 11.3 Å².